The van der Waals surface area contributed by atoms with E-state index in [1.54, 1.807) is 20.8 Å². The van der Waals surface area contributed by atoms with Gasteiger partial charge < -0.3 is 5.32 Å². The maximum atomic E-state index is 11.7. The Kier molecular flexibility index (Phi) is 3.83. The van der Waals surface area contributed by atoms with E-state index in [4.69, 9.17) is 0 Å². The first-order valence-corrected chi connectivity index (χ1v) is 5.36. The van der Waals surface area contributed by atoms with Gasteiger partial charge in [0.25, 0.3) is 11.4 Å². The molecule has 1 rings (SSSR count). The number of rotatable bonds is 3. The molecule has 1 aromatic carbocycles. The third kappa shape index (κ3) is 3.73. The maximum absolute atomic E-state index is 11.7. The molecule has 8 heteroatoms. The van der Waals surface area contributed by atoms with Gasteiger partial charge >= 0.3 is 0 Å². The van der Waals surface area contributed by atoms with Crippen molar-refractivity contribution in [3.8, 4) is 0 Å². The summed E-state index contributed by atoms with van der Waals surface area (Å²) in [6.45, 7) is 4.98. The third-order valence-electron chi connectivity index (χ3n) is 2.26. The topological polar surface area (TPSA) is 115 Å². The van der Waals surface area contributed by atoms with Crippen LogP contribution in [-0.2, 0) is 4.79 Å². The van der Waals surface area contributed by atoms with Crippen molar-refractivity contribution in [2.24, 2.45) is 5.41 Å². The van der Waals surface area contributed by atoms with E-state index in [9.17, 15) is 25.0 Å². The average Bonchev–Trinajstić information content (AvgIpc) is 2.27. The predicted octanol–water partition coefficient (Wildman–Crippen LogP) is 2.49. The van der Waals surface area contributed by atoms with Crippen molar-refractivity contribution in [3.05, 3.63) is 38.4 Å². The minimum absolute atomic E-state index is 0.0285. The Morgan fingerprint density at radius 3 is 1.79 bits per heavy atom. The second-order valence-electron chi connectivity index (χ2n) is 4.96. The van der Waals surface area contributed by atoms with Gasteiger partial charge in [-0.2, -0.15) is 0 Å². The van der Waals surface area contributed by atoms with E-state index in [1.165, 1.54) is 0 Å². The molecule has 0 atom stereocenters. The van der Waals surface area contributed by atoms with Gasteiger partial charge in [0.2, 0.25) is 5.91 Å². The highest BCUT2D eigenvalue weighted by atomic mass is 16.6. The van der Waals surface area contributed by atoms with E-state index in [1.807, 2.05) is 0 Å². The van der Waals surface area contributed by atoms with Crippen LogP contribution in [0.4, 0.5) is 17.1 Å². The predicted molar refractivity (Wildman–Crippen MR) is 67.8 cm³/mol. The van der Waals surface area contributed by atoms with Crippen LogP contribution in [0.5, 0.6) is 0 Å². The van der Waals surface area contributed by atoms with Gasteiger partial charge in [0.05, 0.1) is 21.6 Å². The van der Waals surface area contributed by atoms with Crippen molar-refractivity contribution >= 4 is 23.0 Å². The zero-order valence-corrected chi connectivity index (χ0v) is 10.7. The molecule has 0 fully saturated rings. The van der Waals surface area contributed by atoms with Gasteiger partial charge in [-0.05, 0) is 0 Å². The normalized spacial score (nSPS) is 10.9. The van der Waals surface area contributed by atoms with Crippen LogP contribution >= 0.6 is 0 Å². The van der Waals surface area contributed by atoms with Crippen LogP contribution in [0, 0.1) is 25.6 Å². The van der Waals surface area contributed by atoms with Gasteiger partial charge in [0, 0.05) is 17.5 Å². The summed E-state index contributed by atoms with van der Waals surface area (Å²) in [5.74, 6) is -0.387. The number of nitro groups is 2. The lowest BCUT2D eigenvalue weighted by Crippen LogP contribution is -2.27. The summed E-state index contributed by atoms with van der Waals surface area (Å²) in [6, 6.07) is 3.00. The lowest BCUT2D eigenvalue weighted by Gasteiger charge is -2.17. The third-order valence-corrected chi connectivity index (χ3v) is 2.26. The summed E-state index contributed by atoms with van der Waals surface area (Å²) in [7, 11) is 0. The van der Waals surface area contributed by atoms with E-state index in [-0.39, 0.29) is 11.6 Å². The molecule has 0 spiro atoms. The molecule has 1 aromatic rings. The van der Waals surface area contributed by atoms with Gasteiger partial charge in [-0.1, -0.05) is 20.8 Å². The molecule has 0 aliphatic rings. The number of non-ortho nitro benzene ring substituents is 2. The number of anilines is 1. The lowest BCUT2D eigenvalue weighted by molar-refractivity contribution is -0.394. The number of benzene rings is 1. The first-order valence-electron chi connectivity index (χ1n) is 5.36. The fraction of sp³-hybridized carbons (Fsp3) is 0.364. The molecule has 0 aliphatic carbocycles. The number of nitro benzene ring substituents is 2. The molecular formula is C11H13N3O5. The quantitative estimate of drug-likeness (QED) is 0.667. The summed E-state index contributed by atoms with van der Waals surface area (Å²) in [5, 5.41) is 23.8. The van der Waals surface area contributed by atoms with Crippen molar-refractivity contribution in [1.82, 2.24) is 0 Å². The second kappa shape index (κ2) is 5.01. The highest BCUT2D eigenvalue weighted by molar-refractivity contribution is 5.95. The zero-order valence-electron chi connectivity index (χ0n) is 10.7. The minimum atomic E-state index is -0.750. The standard InChI is InChI=1S/C11H13N3O5/c1-11(2,3)10(15)12-7-4-8(13(16)17)6-9(5-7)14(18)19/h4-6H,1-3H3,(H,12,15). The van der Waals surface area contributed by atoms with Gasteiger partial charge in [0.15, 0.2) is 0 Å². The van der Waals surface area contributed by atoms with Crippen LogP contribution in [0.15, 0.2) is 18.2 Å². The molecule has 0 saturated heterocycles. The van der Waals surface area contributed by atoms with E-state index in [0.29, 0.717) is 0 Å². The first kappa shape index (κ1) is 14.6. The molecule has 0 aromatic heterocycles. The van der Waals surface area contributed by atoms with E-state index in [2.05, 4.69) is 5.32 Å². The zero-order chi connectivity index (χ0) is 14.8. The number of nitrogens with one attached hydrogen (secondary N) is 1. The minimum Gasteiger partial charge on any atom is -0.325 e. The number of hydrogen-bond acceptors (Lipinski definition) is 5. The molecule has 0 bridgehead atoms. The summed E-state index contributed by atoms with van der Waals surface area (Å²) < 4.78 is 0. The van der Waals surface area contributed by atoms with Gasteiger partial charge in [-0.25, -0.2) is 0 Å². The molecule has 19 heavy (non-hydrogen) atoms. The summed E-state index contributed by atoms with van der Waals surface area (Å²) in [6.07, 6.45) is 0. The molecular weight excluding hydrogens is 254 g/mol. The molecule has 1 amide bonds. The molecule has 0 aliphatic heterocycles. The van der Waals surface area contributed by atoms with E-state index < -0.39 is 26.6 Å². The molecule has 0 saturated carbocycles. The summed E-state index contributed by atoms with van der Waals surface area (Å²) in [5.41, 5.74) is -1.57. The van der Waals surface area contributed by atoms with Crippen molar-refractivity contribution in [3.63, 3.8) is 0 Å². The number of nitrogens with zero attached hydrogens (tertiary/aromatic N) is 2. The van der Waals surface area contributed by atoms with Crippen LogP contribution in [0.2, 0.25) is 0 Å². The molecule has 102 valence electrons. The van der Waals surface area contributed by atoms with Crippen molar-refractivity contribution in [1.29, 1.82) is 0 Å². The highest BCUT2D eigenvalue weighted by Gasteiger charge is 2.23. The lowest BCUT2D eigenvalue weighted by atomic mass is 9.95. The van der Waals surface area contributed by atoms with E-state index in [0.717, 1.165) is 18.2 Å². The Labute approximate surface area is 108 Å². The monoisotopic (exact) mass is 267 g/mol. The fourth-order valence-electron chi connectivity index (χ4n) is 1.20. The second-order valence-corrected chi connectivity index (χ2v) is 4.96. The van der Waals surface area contributed by atoms with Crippen LogP contribution in [0.1, 0.15) is 20.8 Å². The molecule has 1 N–H and O–H groups in total. The SMILES string of the molecule is CC(C)(C)C(=O)Nc1cc([N+](=O)[O-])cc([N+](=O)[O-])c1. The van der Waals surface area contributed by atoms with Crippen molar-refractivity contribution < 1.29 is 14.6 Å². The van der Waals surface area contributed by atoms with Gasteiger partial charge in [-0.15, -0.1) is 0 Å². The summed E-state index contributed by atoms with van der Waals surface area (Å²) in [4.78, 5) is 31.6. The number of carbonyl (C=O) groups is 1. The smallest absolute Gasteiger partial charge is 0.278 e. The van der Waals surface area contributed by atoms with Crippen LogP contribution in [-0.4, -0.2) is 15.8 Å². The van der Waals surface area contributed by atoms with E-state index >= 15 is 0 Å². The van der Waals surface area contributed by atoms with Crippen LogP contribution < -0.4 is 5.32 Å². The number of hydrogen-bond donors (Lipinski definition) is 1. The number of amides is 1. The average molecular weight is 267 g/mol. The summed E-state index contributed by atoms with van der Waals surface area (Å²) >= 11 is 0. The number of carbonyl (C=O) groups excluding carboxylic acids is 1. The molecule has 0 unspecified atom stereocenters. The Hall–Kier alpha value is -2.51. The molecule has 0 radical (unpaired) electrons. The first-order chi connectivity index (χ1) is 8.61. The van der Waals surface area contributed by atoms with Gasteiger partial charge in [-0.3, -0.25) is 25.0 Å². The van der Waals surface area contributed by atoms with Crippen LogP contribution in [0.25, 0.3) is 0 Å². The molecule has 0 heterocycles. The van der Waals surface area contributed by atoms with Crippen molar-refractivity contribution in [2.75, 3.05) is 5.32 Å². The largest absolute Gasteiger partial charge is 0.325 e. The Morgan fingerprint density at radius 1 is 1.05 bits per heavy atom. The molecule has 8 nitrogen and oxygen atoms in total. The fourth-order valence-corrected chi connectivity index (χ4v) is 1.20. The van der Waals surface area contributed by atoms with Crippen molar-refractivity contribution in [2.45, 2.75) is 20.8 Å². The van der Waals surface area contributed by atoms with Crippen LogP contribution in [0.3, 0.4) is 0 Å². The van der Waals surface area contributed by atoms with Gasteiger partial charge in [0.1, 0.15) is 0 Å². The maximum Gasteiger partial charge on any atom is 0.278 e. The highest BCUT2D eigenvalue weighted by Crippen LogP contribution is 2.27. The Balaban J connectivity index is 3.17. The Morgan fingerprint density at radius 2 is 1.47 bits per heavy atom. The Bertz CT molecular complexity index is 516.